The van der Waals surface area contributed by atoms with E-state index in [9.17, 15) is 4.39 Å². The van der Waals surface area contributed by atoms with Crippen molar-refractivity contribution in [3.8, 4) is 0 Å². The van der Waals surface area contributed by atoms with Crippen molar-refractivity contribution in [1.29, 1.82) is 0 Å². The van der Waals surface area contributed by atoms with Crippen molar-refractivity contribution in [3.63, 3.8) is 0 Å². The number of ether oxygens (including phenoxy) is 3. The number of methoxy groups -OCH3 is 2. The second kappa shape index (κ2) is 7.16. The molecule has 1 aliphatic carbocycles. The van der Waals surface area contributed by atoms with Gasteiger partial charge >= 0.3 is 0 Å². The topological polar surface area (TPSA) is 39.7 Å². The molecule has 0 spiro atoms. The van der Waals surface area contributed by atoms with E-state index >= 15 is 0 Å². The summed E-state index contributed by atoms with van der Waals surface area (Å²) in [5, 5.41) is 3.55. The zero-order valence-corrected chi connectivity index (χ0v) is 13.9. The zero-order chi connectivity index (χ0) is 16.3. The minimum absolute atomic E-state index is 0.0351. The first-order valence-electron chi connectivity index (χ1n) is 8.37. The molecule has 2 aliphatic rings. The van der Waals surface area contributed by atoms with E-state index < -0.39 is 0 Å². The van der Waals surface area contributed by atoms with Gasteiger partial charge in [-0.3, -0.25) is 0 Å². The number of nitrogens with one attached hydrogen (secondary N) is 1. The molecule has 1 aromatic carbocycles. The van der Waals surface area contributed by atoms with Gasteiger partial charge in [-0.2, -0.15) is 0 Å². The molecule has 0 bridgehead atoms. The molecule has 5 heteroatoms. The highest BCUT2D eigenvalue weighted by atomic mass is 19.1. The molecule has 3 rings (SSSR count). The van der Waals surface area contributed by atoms with Crippen LogP contribution in [0.15, 0.2) is 24.3 Å². The highest BCUT2D eigenvalue weighted by Gasteiger charge is 2.54. The quantitative estimate of drug-likeness (QED) is 0.903. The highest BCUT2D eigenvalue weighted by Crippen LogP contribution is 2.44. The number of hydrogen-bond acceptors (Lipinski definition) is 4. The Morgan fingerprint density at radius 3 is 2.74 bits per heavy atom. The third-order valence-corrected chi connectivity index (χ3v) is 5.28. The first kappa shape index (κ1) is 16.7. The minimum atomic E-state index is -0.353. The first-order chi connectivity index (χ1) is 11.2. The Morgan fingerprint density at radius 1 is 1.26 bits per heavy atom. The number of hydrogen-bond donors (Lipinski definition) is 1. The SMILES string of the molecule is COCC1CC[C@H](Nc2ccc(F)cc2)[C@]2(OC)CCCOC12. The van der Waals surface area contributed by atoms with Crippen molar-refractivity contribution in [1.82, 2.24) is 0 Å². The van der Waals surface area contributed by atoms with Gasteiger partial charge in [0.05, 0.1) is 18.8 Å². The van der Waals surface area contributed by atoms with Crippen LogP contribution in [0.1, 0.15) is 25.7 Å². The van der Waals surface area contributed by atoms with Crippen molar-refractivity contribution in [2.45, 2.75) is 43.4 Å². The lowest BCUT2D eigenvalue weighted by molar-refractivity contribution is -0.210. The third-order valence-electron chi connectivity index (χ3n) is 5.28. The molecule has 4 atom stereocenters. The van der Waals surface area contributed by atoms with Gasteiger partial charge in [-0.25, -0.2) is 4.39 Å². The molecule has 2 unspecified atom stereocenters. The molecular formula is C18H26FNO3. The smallest absolute Gasteiger partial charge is 0.123 e. The van der Waals surface area contributed by atoms with Crippen molar-refractivity contribution in [2.75, 3.05) is 32.8 Å². The average molecular weight is 323 g/mol. The van der Waals surface area contributed by atoms with E-state index in [1.807, 2.05) is 0 Å². The maximum absolute atomic E-state index is 13.1. The molecule has 0 amide bonds. The average Bonchev–Trinajstić information content (AvgIpc) is 2.59. The van der Waals surface area contributed by atoms with Gasteiger partial charge < -0.3 is 19.5 Å². The lowest BCUT2D eigenvalue weighted by Crippen LogP contribution is -2.65. The van der Waals surface area contributed by atoms with Gasteiger partial charge in [-0.05, 0) is 49.9 Å². The largest absolute Gasteiger partial charge is 0.384 e. The van der Waals surface area contributed by atoms with Crippen LogP contribution in [0.4, 0.5) is 10.1 Å². The zero-order valence-electron chi connectivity index (χ0n) is 13.9. The lowest BCUT2D eigenvalue weighted by Gasteiger charge is -2.54. The predicted molar refractivity (Wildman–Crippen MR) is 87.1 cm³/mol. The second-order valence-corrected chi connectivity index (χ2v) is 6.55. The van der Waals surface area contributed by atoms with E-state index in [0.717, 1.165) is 38.0 Å². The fourth-order valence-electron chi connectivity index (χ4n) is 4.21. The van der Waals surface area contributed by atoms with Gasteiger partial charge in [0.25, 0.3) is 0 Å². The molecular weight excluding hydrogens is 297 g/mol. The third kappa shape index (κ3) is 3.23. The van der Waals surface area contributed by atoms with Crippen LogP contribution in [0, 0.1) is 11.7 Å². The van der Waals surface area contributed by atoms with Crippen LogP contribution < -0.4 is 5.32 Å². The van der Waals surface area contributed by atoms with Crippen molar-refractivity contribution in [3.05, 3.63) is 30.1 Å². The highest BCUT2D eigenvalue weighted by molar-refractivity contribution is 5.45. The van der Waals surface area contributed by atoms with Gasteiger partial charge in [0, 0.05) is 32.4 Å². The van der Waals surface area contributed by atoms with Crippen LogP contribution in [0.3, 0.4) is 0 Å². The molecule has 4 nitrogen and oxygen atoms in total. The fraction of sp³-hybridized carbons (Fsp3) is 0.667. The molecule has 23 heavy (non-hydrogen) atoms. The maximum atomic E-state index is 13.1. The van der Waals surface area contributed by atoms with E-state index in [1.165, 1.54) is 12.1 Å². The molecule has 1 saturated carbocycles. The predicted octanol–water partition coefficient (Wildman–Crippen LogP) is 3.23. The Hall–Kier alpha value is -1.17. The Kier molecular flexibility index (Phi) is 5.19. The molecule has 1 N–H and O–H groups in total. The number of anilines is 1. The Balaban J connectivity index is 1.83. The summed E-state index contributed by atoms with van der Waals surface area (Å²) in [6.45, 7) is 1.47. The number of benzene rings is 1. The standard InChI is InChI=1S/C18H26FNO3/c1-21-12-13-4-9-16(20-15-7-5-14(19)6-8-15)18(22-2)10-3-11-23-17(13)18/h5-8,13,16-17,20H,3-4,9-12H2,1-2H3/t13?,16-,17?,18+/m0/s1. The fourth-order valence-corrected chi connectivity index (χ4v) is 4.21. The van der Waals surface area contributed by atoms with Gasteiger partial charge in [-0.15, -0.1) is 0 Å². The Morgan fingerprint density at radius 2 is 2.04 bits per heavy atom. The van der Waals surface area contributed by atoms with E-state index in [4.69, 9.17) is 14.2 Å². The van der Waals surface area contributed by atoms with E-state index in [-0.39, 0.29) is 23.6 Å². The van der Waals surface area contributed by atoms with Crippen LogP contribution >= 0.6 is 0 Å². The summed E-state index contributed by atoms with van der Waals surface area (Å²) >= 11 is 0. The van der Waals surface area contributed by atoms with E-state index in [1.54, 1.807) is 26.4 Å². The maximum Gasteiger partial charge on any atom is 0.123 e. The van der Waals surface area contributed by atoms with Crippen LogP contribution in [-0.2, 0) is 14.2 Å². The van der Waals surface area contributed by atoms with Crippen LogP contribution in [0.5, 0.6) is 0 Å². The van der Waals surface area contributed by atoms with Gasteiger partial charge in [0.15, 0.2) is 0 Å². The van der Waals surface area contributed by atoms with Crippen LogP contribution in [-0.4, -0.2) is 45.2 Å². The first-order valence-corrected chi connectivity index (χ1v) is 8.37. The molecule has 0 aromatic heterocycles. The molecule has 1 aliphatic heterocycles. The summed E-state index contributed by atoms with van der Waals surface area (Å²) in [5.41, 5.74) is 0.566. The normalized spacial score (nSPS) is 34.0. The number of rotatable bonds is 5. The number of halogens is 1. The van der Waals surface area contributed by atoms with Gasteiger partial charge in [0.1, 0.15) is 11.4 Å². The minimum Gasteiger partial charge on any atom is -0.384 e. The van der Waals surface area contributed by atoms with E-state index in [2.05, 4.69) is 5.32 Å². The van der Waals surface area contributed by atoms with Crippen molar-refractivity contribution >= 4 is 5.69 Å². The summed E-state index contributed by atoms with van der Waals surface area (Å²) in [7, 11) is 3.51. The van der Waals surface area contributed by atoms with Crippen LogP contribution in [0.25, 0.3) is 0 Å². The second-order valence-electron chi connectivity index (χ2n) is 6.55. The van der Waals surface area contributed by atoms with Gasteiger partial charge in [-0.1, -0.05) is 0 Å². The Labute approximate surface area is 137 Å². The molecule has 2 fully saturated rings. The van der Waals surface area contributed by atoms with Gasteiger partial charge in [0.2, 0.25) is 0 Å². The molecule has 1 aromatic rings. The summed E-state index contributed by atoms with van der Waals surface area (Å²) < 4.78 is 30.7. The van der Waals surface area contributed by atoms with E-state index in [0.29, 0.717) is 12.5 Å². The van der Waals surface area contributed by atoms with Crippen molar-refractivity contribution in [2.24, 2.45) is 5.92 Å². The molecule has 128 valence electrons. The lowest BCUT2D eigenvalue weighted by atomic mass is 9.69. The molecule has 0 radical (unpaired) electrons. The molecule has 1 heterocycles. The Bertz CT molecular complexity index is 509. The number of fused-ring (bicyclic) bond motifs is 1. The summed E-state index contributed by atoms with van der Waals surface area (Å²) in [6, 6.07) is 6.66. The molecule has 1 saturated heterocycles. The van der Waals surface area contributed by atoms with Crippen molar-refractivity contribution < 1.29 is 18.6 Å². The van der Waals surface area contributed by atoms with Crippen LogP contribution in [0.2, 0.25) is 0 Å². The summed E-state index contributed by atoms with van der Waals surface area (Å²) in [4.78, 5) is 0. The summed E-state index contributed by atoms with van der Waals surface area (Å²) in [5.74, 6) is 0.131. The monoisotopic (exact) mass is 323 g/mol. The summed E-state index contributed by atoms with van der Waals surface area (Å²) in [6.07, 6.45) is 4.01.